The third kappa shape index (κ3) is 6.21. The molecule has 0 amide bonds. The van der Waals surface area contributed by atoms with Gasteiger partial charge < -0.3 is 5.32 Å². The lowest BCUT2D eigenvalue weighted by Gasteiger charge is -2.10. The van der Waals surface area contributed by atoms with E-state index in [1.807, 2.05) is 45.3 Å². The molecule has 11 heteroatoms. The maximum atomic E-state index is 4.74. The summed E-state index contributed by atoms with van der Waals surface area (Å²) in [4.78, 5) is 10.5. The van der Waals surface area contributed by atoms with E-state index in [0.29, 0.717) is 11.8 Å². The topological polar surface area (TPSA) is 63.6 Å². The molecule has 6 aromatic heterocycles. The fraction of sp³-hybridized carbons (Fsp3) is 0.222. The Bertz CT molecular complexity index is 2160. The highest BCUT2D eigenvalue weighted by Gasteiger charge is 2.19. The molecule has 0 spiro atoms. The van der Waals surface area contributed by atoms with Crippen molar-refractivity contribution in [3.05, 3.63) is 82.6 Å². The van der Waals surface area contributed by atoms with Crippen LogP contribution in [0.3, 0.4) is 0 Å². The first kappa shape index (κ1) is 31.0. The molecule has 47 heavy (non-hydrogen) atoms. The number of rotatable bonds is 10. The van der Waals surface area contributed by atoms with E-state index in [4.69, 9.17) is 17.5 Å². The van der Waals surface area contributed by atoms with Gasteiger partial charge in [-0.3, -0.25) is 0 Å². The van der Waals surface area contributed by atoms with Gasteiger partial charge in [0.1, 0.15) is 22.1 Å². The van der Waals surface area contributed by atoms with Crippen LogP contribution >= 0.6 is 68.8 Å². The minimum absolute atomic E-state index is 0.660. The van der Waals surface area contributed by atoms with Crippen molar-refractivity contribution in [1.82, 2.24) is 17.5 Å². The molecule has 0 saturated carbocycles. The summed E-state index contributed by atoms with van der Waals surface area (Å²) in [7, 11) is 0. The van der Waals surface area contributed by atoms with Crippen LogP contribution < -0.4 is 5.32 Å². The Morgan fingerprint density at radius 1 is 0.447 bits per heavy atom. The zero-order valence-electron chi connectivity index (χ0n) is 26.2. The average Bonchev–Trinajstić information content (AvgIpc) is 3.89. The second-order valence-corrected chi connectivity index (χ2v) is 18.0. The first-order valence-electron chi connectivity index (χ1n) is 15.6. The highest BCUT2D eigenvalue weighted by atomic mass is 32.1. The third-order valence-corrected chi connectivity index (χ3v) is 13.8. The molecule has 236 valence electrons. The maximum Gasteiger partial charge on any atom is 0.128 e. The predicted molar refractivity (Wildman–Crippen MR) is 208 cm³/mol. The van der Waals surface area contributed by atoms with Gasteiger partial charge in [-0.15, -0.1) is 45.3 Å². The molecule has 8 rings (SSSR count). The van der Waals surface area contributed by atoms with Gasteiger partial charge >= 0.3 is 0 Å². The Morgan fingerprint density at radius 3 is 1.28 bits per heavy atom. The molecule has 0 bridgehead atoms. The molecule has 6 heterocycles. The van der Waals surface area contributed by atoms with Gasteiger partial charge in [0.05, 0.1) is 34.8 Å². The van der Waals surface area contributed by atoms with Crippen LogP contribution in [0, 0.1) is 11.8 Å². The van der Waals surface area contributed by atoms with Crippen molar-refractivity contribution in [2.24, 2.45) is 11.8 Å². The van der Waals surface area contributed by atoms with Crippen molar-refractivity contribution in [2.75, 3.05) is 5.32 Å². The molecule has 1 N–H and O–H groups in total. The number of fused-ring (bicyclic) bond motifs is 2. The van der Waals surface area contributed by atoms with Crippen LogP contribution in [0.2, 0.25) is 0 Å². The van der Waals surface area contributed by atoms with Crippen molar-refractivity contribution >= 4 is 102 Å². The van der Waals surface area contributed by atoms with Crippen LogP contribution in [0.25, 0.3) is 62.5 Å². The Labute approximate surface area is 298 Å². The second kappa shape index (κ2) is 12.9. The van der Waals surface area contributed by atoms with E-state index < -0.39 is 0 Å². The number of hydrogen-bond acceptors (Lipinski definition) is 11. The first-order valence-corrected chi connectivity index (χ1v) is 20.3. The van der Waals surface area contributed by atoms with Crippen LogP contribution in [0.15, 0.2) is 72.8 Å². The fourth-order valence-electron chi connectivity index (χ4n) is 5.75. The van der Waals surface area contributed by atoms with Gasteiger partial charge in [-0.25, -0.2) is 0 Å². The van der Waals surface area contributed by atoms with Crippen molar-refractivity contribution < 1.29 is 0 Å². The normalized spacial score (nSPS) is 12.0. The molecule has 0 saturated heterocycles. The number of aromatic nitrogens is 4. The SMILES string of the molecule is CC(C)Cc1ccc(-c2ccc(-c3ccc(Nc4ccc(-c5ccc(-c6ccc(CC(C)C)s6)s5)c5nsnc45)c4nsnc34)s2)s1. The molecule has 0 aliphatic heterocycles. The Hall–Kier alpha value is -3.32. The van der Waals surface area contributed by atoms with Gasteiger partial charge in [0.2, 0.25) is 0 Å². The van der Waals surface area contributed by atoms with Gasteiger partial charge in [0.15, 0.2) is 0 Å². The number of nitrogens with one attached hydrogen (secondary N) is 1. The minimum Gasteiger partial charge on any atom is -0.352 e. The third-order valence-electron chi connectivity index (χ3n) is 7.87. The smallest absolute Gasteiger partial charge is 0.128 e. The van der Waals surface area contributed by atoms with Crippen LogP contribution in [-0.4, -0.2) is 17.5 Å². The van der Waals surface area contributed by atoms with E-state index in [-0.39, 0.29) is 0 Å². The lowest BCUT2D eigenvalue weighted by Crippen LogP contribution is -1.94. The lowest BCUT2D eigenvalue weighted by atomic mass is 10.1. The molecule has 0 radical (unpaired) electrons. The molecule has 0 aliphatic rings. The lowest BCUT2D eigenvalue weighted by molar-refractivity contribution is 0.654. The summed E-state index contributed by atoms with van der Waals surface area (Å²) in [5.41, 5.74) is 7.63. The summed E-state index contributed by atoms with van der Waals surface area (Å²) in [6.07, 6.45) is 2.25. The summed E-state index contributed by atoms with van der Waals surface area (Å²) in [5.74, 6) is 1.32. The molecule has 0 fully saturated rings. The highest BCUT2D eigenvalue weighted by Crippen LogP contribution is 2.44. The fourth-order valence-corrected chi connectivity index (χ4v) is 11.6. The molecular weight excluding hydrogens is 695 g/mol. The Balaban J connectivity index is 1.06. The standard InChI is InChI=1S/C36H31N5S6/c1-19(2)17-21-5-11-29(42-21)31-15-13-27(44-31)23-7-9-25(35-33(23)38-46-40-35)37-26-10-8-24(34-36(26)41-47-39-34)28-14-16-32(45-28)30-12-6-22(43-30)18-20(3)4/h5-16,19-20,37H,17-18H2,1-4H3. The van der Waals surface area contributed by atoms with Crippen LogP contribution in [0.4, 0.5) is 11.4 Å². The second-order valence-electron chi connectivity index (χ2n) is 12.4. The largest absolute Gasteiger partial charge is 0.352 e. The van der Waals surface area contributed by atoms with E-state index in [9.17, 15) is 0 Å². The van der Waals surface area contributed by atoms with Crippen molar-refractivity contribution in [2.45, 2.75) is 40.5 Å². The molecular formula is C36H31N5S6. The Morgan fingerprint density at radius 2 is 0.830 bits per heavy atom. The van der Waals surface area contributed by atoms with Crippen molar-refractivity contribution in [3.8, 4) is 40.4 Å². The average molecular weight is 726 g/mol. The maximum absolute atomic E-state index is 4.74. The number of benzene rings is 2. The number of hydrogen-bond donors (Lipinski definition) is 1. The highest BCUT2D eigenvalue weighted by molar-refractivity contribution is 7.24. The van der Waals surface area contributed by atoms with Gasteiger partial charge in [0.25, 0.3) is 0 Å². The monoisotopic (exact) mass is 725 g/mol. The summed E-state index contributed by atoms with van der Waals surface area (Å²) in [6.45, 7) is 9.09. The first-order chi connectivity index (χ1) is 22.9. The van der Waals surface area contributed by atoms with E-state index in [0.717, 1.165) is 57.4 Å². The van der Waals surface area contributed by atoms with Gasteiger partial charge in [-0.05, 0) is 97.5 Å². The number of nitrogens with zero attached hydrogens (tertiary/aromatic N) is 4. The number of anilines is 2. The van der Waals surface area contributed by atoms with Gasteiger partial charge in [0, 0.05) is 50.1 Å². The summed E-state index contributed by atoms with van der Waals surface area (Å²) in [6, 6.07) is 26.5. The molecule has 0 aliphatic carbocycles. The van der Waals surface area contributed by atoms with E-state index in [2.05, 4.69) is 106 Å². The number of thiophene rings is 4. The van der Waals surface area contributed by atoms with Crippen LogP contribution in [0.1, 0.15) is 37.4 Å². The zero-order valence-corrected chi connectivity index (χ0v) is 31.1. The van der Waals surface area contributed by atoms with E-state index in [1.54, 1.807) is 0 Å². The van der Waals surface area contributed by atoms with E-state index >= 15 is 0 Å². The minimum atomic E-state index is 0.660. The predicted octanol–water partition coefficient (Wildman–Crippen LogP) is 12.8. The van der Waals surface area contributed by atoms with Crippen molar-refractivity contribution in [3.63, 3.8) is 0 Å². The van der Waals surface area contributed by atoms with Crippen LogP contribution in [-0.2, 0) is 12.8 Å². The Kier molecular flexibility index (Phi) is 8.53. The summed E-state index contributed by atoms with van der Waals surface area (Å²) < 4.78 is 18.9. The molecule has 2 aromatic carbocycles. The van der Waals surface area contributed by atoms with Crippen LogP contribution in [0.5, 0.6) is 0 Å². The summed E-state index contributed by atoms with van der Waals surface area (Å²) in [5, 5.41) is 3.64. The van der Waals surface area contributed by atoms with E-state index in [1.165, 1.54) is 62.5 Å². The van der Waals surface area contributed by atoms with Gasteiger partial charge in [-0.1, -0.05) is 27.7 Å². The molecule has 0 atom stereocenters. The van der Waals surface area contributed by atoms with Crippen molar-refractivity contribution in [1.29, 1.82) is 0 Å². The quantitative estimate of drug-likeness (QED) is 0.152. The zero-order chi connectivity index (χ0) is 32.1. The molecule has 8 aromatic rings. The summed E-state index contributed by atoms with van der Waals surface area (Å²) >= 11 is 9.94. The van der Waals surface area contributed by atoms with Gasteiger partial charge in [-0.2, -0.15) is 17.5 Å². The molecule has 5 nitrogen and oxygen atoms in total. The molecule has 0 unspecified atom stereocenters.